The highest BCUT2D eigenvalue weighted by Crippen LogP contribution is 2.48. The first-order valence-electron chi connectivity index (χ1n) is 13.9. The number of hydrogen-bond acceptors (Lipinski definition) is 6. The number of benzene rings is 2. The van der Waals surface area contributed by atoms with Gasteiger partial charge in [-0.2, -0.15) is 0 Å². The number of aryl methyl sites for hydroxylation is 4. The number of ether oxygens (including phenoxy) is 2. The lowest BCUT2D eigenvalue weighted by Gasteiger charge is -2.09. The zero-order valence-electron chi connectivity index (χ0n) is 24.6. The molecule has 0 spiro atoms. The molecule has 0 N–H and O–H groups in total. The molecule has 0 bridgehead atoms. The number of imidazole rings is 2. The predicted octanol–water partition coefficient (Wildman–Crippen LogP) is 6.22. The van der Waals surface area contributed by atoms with Crippen LogP contribution in [0.4, 0.5) is 0 Å². The van der Waals surface area contributed by atoms with E-state index in [9.17, 15) is 9.59 Å². The highest BCUT2D eigenvalue weighted by Gasteiger charge is 2.45. The molecule has 4 aromatic rings. The van der Waals surface area contributed by atoms with E-state index in [4.69, 9.17) is 9.47 Å². The molecule has 2 unspecified atom stereocenters. The Morgan fingerprint density at radius 3 is 1.95 bits per heavy atom. The molecule has 2 heterocycles. The van der Waals surface area contributed by atoms with Gasteiger partial charge in [0.15, 0.2) is 0 Å². The third-order valence-corrected chi connectivity index (χ3v) is 6.93. The molecule has 2 aromatic carbocycles. The molecule has 1 aliphatic rings. The molecular weight excluding hydrogens is 516 g/mol. The molecule has 214 valence electrons. The van der Waals surface area contributed by atoms with E-state index in [1.807, 2.05) is 73.7 Å². The van der Waals surface area contributed by atoms with Crippen LogP contribution in [0.5, 0.6) is 0 Å². The van der Waals surface area contributed by atoms with E-state index < -0.39 is 0 Å². The number of carbonyl (C=O) groups excluding carboxylic acids is 2. The topological polar surface area (TPSA) is 88.2 Å². The Morgan fingerprint density at radius 1 is 0.854 bits per heavy atom. The second-order valence-corrected chi connectivity index (χ2v) is 10.2. The van der Waals surface area contributed by atoms with E-state index in [1.165, 1.54) is 17.2 Å². The van der Waals surface area contributed by atoms with Crippen molar-refractivity contribution in [3.8, 4) is 11.4 Å². The highest BCUT2D eigenvalue weighted by molar-refractivity contribution is 5.87. The predicted molar refractivity (Wildman–Crippen MR) is 159 cm³/mol. The Kier molecular flexibility index (Phi) is 9.55. The number of esters is 2. The Labute approximate surface area is 241 Å². The fraction of sp³-hybridized carbons (Fsp3) is 0.333. The number of nitrogens with zero attached hydrogens (tertiary/aromatic N) is 4. The van der Waals surface area contributed by atoms with Crippen LogP contribution in [0.25, 0.3) is 17.5 Å². The SMILES string of the molecule is CCOC(=O)/C=C/c1ccc(-n2cnc(C)c2)c(C)c1.CCOC(=O)C1CC1c1ccc(-n2cnc(C)c2)c(C)c1. The lowest BCUT2D eigenvalue weighted by molar-refractivity contribution is -0.144. The Hall–Kier alpha value is -4.46. The summed E-state index contributed by atoms with van der Waals surface area (Å²) >= 11 is 0. The second kappa shape index (κ2) is 13.3. The molecule has 0 aliphatic heterocycles. The minimum atomic E-state index is -0.320. The minimum absolute atomic E-state index is 0.0469. The van der Waals surface area contributed by atoms with Gasteiger partial charge >= 0.3 is 11.9 Å². The van der Waals surface area contributed by atoms with E-state index in [0.29, 0.717) is 19.1 Å². The number of rotatable bonds is 8. The van der Waals surface area contributed by atoms with Gasteiger partial charge < -0.3 is 18.6 Å². The van der Waals surface area contributed by atoms with E-state index in [1.54, 1.807) is 19.3 Å². The Bertz CT molecular complexity index is 1550. The van der Waals surface area contributed by atoms with E-state index in [0.717, 1.165) is 40.3 Å². The van der Waals surface area contributed by atoms with Gasteiger partial charge in [0.05, 0.1) is 43.2 Å². The van der Waals surface area contributed by atoms with Gasteiger partial charge in [-0.25, -0.2) is 14.8 Å². The molecule has 0 saturated heterocycles. The number of aromatic nitrogens is 4. The smallest absolute Gasteiger partial charge is 0.330 e. The summed E-state index contributed by atoms with van der Waals surface area (Å²) in [5, 5.41) is 0. The summed E-state index contributed by atoms with van der Waals surface area (Å²) in [7, 11) is 0. The van der Waals surface area contributed by atoms with Gasteiger partial charge in [-0.05, 0) is 100 Å². The Balaban J connectivity index is 0.000000189. The van der Waals surface area contributed by atoms with Crippen molar-refractivity contribution in [2.24, 2.45) is 5.92 Å². The van der Waals surface area contributed by atoms with Crippen molar-refractivity contribution < 1.29 is 19.1 Å². The van der Waals surface area contributed by atoms with Crippen LogP contribution in [0.3, 0.4) is 0 Å². The lowest BCUT2D eigenvalue weighted by Crippen LogP contribution is -2.07. The van der Waals surface area contributed by atoms with Crippen LogP contribution in [0.15, 0.2) is 67.5 Å². The largest absolute Gasteiger partial charge is 0.466 e. The molecule has 1 aliphatic carbocycles. The lowest BCUT2D eigenvalue weighted by atomic mass is 10.0. The quantitative estimate of drug-likeness (QED) is 0.190. The van der Waals surface area contributed by atoms with Gasteiger partial charge in [0.1, 0.15) is 0 Å². The van der Waals surface area contributed by atoms with Crippen molar-refractivity contribution in [2.75, 3.05) is 13.2 Å². The first kappa shape index (κ1) is 29.5. The van der Waals surface area contributed by atoms with Crippen molar-refractivity contribution in [1.82, 2.24) is 19.1 Å². The summed E-state index contributed by atoms with van der Waals surface area (Å²) in [6.45, 7) is 12.6. The molecule has 5 rings (SSSR count). The molecule has 1 fully saturated rings. The van der Waals surface area contributed by atoms with Gasteiger partial charge in [-0.3, -0.25) is 4.79 Å². The average molecular weight is 555 g/mol. The summed E-state index contributed by atoms with van der Waals surface area (Å²) in [5.74, 6) is -0.0130. The molecule has 0 amide bonds. The van der Waals surface area contributed by atoms with E-state index in [2.05, 4.69) is 35.1 Å². The van der Waals surface area contributed by atoms with Crippen molar-refractivity contribution in [3.05, 3.63) is 101 Å². The van der Waals surface area contributed by atoms with Crippen LogP contribution in [-0.4, -0.2) is 44.3 Å². The van der Waals surface area contributed by atoms with Gasteiger partial charge in [-0.1, -0.05) is 18.2 Å². The third kappa shape index (κ3) is 7.60. The number of hydrogen-bond donors (Lipinski definition) is 0. The van der Waals surface area contributed by atoms with Crippen molar-refractivity contribution in [3.63, 3.8) is 0 Å². The van der Waals surface area contributed by atoms with Crippen LogP contribution in [0.1, 0.15) is 59.8 Å². The fourth-order valence-electron chi connectivity index (χ4n) is 4.80. The normalized spacial score (nSPS) is 15.8. The van der Waals surface area contributed by atoms with Crippen molar-refractivity contribution in [2.45, 2.75) is 53.9 Å². The zero-order valence-corrected chi connectivity index (χ0v) is 24.6. The maximum Gasteiger partial charge on any atom is 0.330 e. The van der Waals surface area contributed by atoms with Gasteiger partial charge in [0.25, 0.3) is 0 Å². The van der Waals surface area contributed by atoms with E-state index >= 15 is 0 Å². The van der Waals surface area contributed by atoms with Crippen molar-refractivity contribution >= 4 is 18.0 Å². The summed E-state index contributed by atoms with van der Waals surface area (Å²) in [6, 6.07) is 12.4. The van der Waals surface area contributed by atoms with Crippen LogP contribution in [-0.2, 0) is 19.1 Å². The van der Waals surface area contributed by atoms with Crippen LogP contribution >= 0.6 is 0 Å². The average Bonchev–Trinajstić information content (AvgIpc) is 3.46. The summed E-state index contributed by atoms with van der Waals surface area (Å²) in [5.41, 5.74) is 8.71. The third-order valence-electron chi connectivity index (χ3n) is 6.93. The summed E-state index contributed by atoms with van der Waals surface area (Å²) < 4.78 is 14.0. The molecule has 2 aromatic heterocycles. The molecule has 8 heteroatoms. The second-order valence-electron chi connectivity index (χ2n) is 10.2. The van der Waals surface area contributed by atoms with Gasteiger partial charge in [0, 0.05) is 29.8 Å². The first-order chi connectivity index (χ1) is 19.7. The van der Waals surface area contributed by atoms with E-state index in [-0.39, 0.29) is 17.9 Å². The van der Waals surface area contributed by atoms with Crippen molar-refractivity contribution in [1.29, 1.82) is 0 Å². The molecule has 8 nitrogen and oxygen atoms in total. The fourth-order valence-corrected chi connectivity index (χ4v) is 4.80. The maximum atomic E-state index is 11.7. The summed E-state index contributed by atoms with van der Waals surface area (Å²) in [6.07, 6.45) is 11.7. The molecule has 1 saturated carbocycles. The highest BCUT2D eigenvalue weighted by atomic mass is 16.5. The molecule has 41 heavy (non-hydrogen) atoms. The zero-order chi connectivity index (χ0) is 29.5. The monoisotopic (exact) mass is 554 g/mol. The Morgan fingerprint density at radius 2 is 1.44 bits per heavy atom. The molecule has 0 radical (unpaired) electrons. The molecular formula is C33H38N4O4. The van der Waals surface area contributed by atoms with Crippen LogP contribution in [0, 0.1) is 33.6 Å². The van der Waals surface area contributed by atoms with Crippen LogP contribution in [0.2, 0.25) is 0 Å². The van der Waals surface area contributed by atoms with Gasteiger partial charge in [-0.15, -0.1) is 0 Å². The molecule has 2 atom stereocenters. The first-order valence-corrected chi connectivity index (χ1v) is 13.9. The number of carbonyl (C=O) groups is 2. The van der Waals surface area contributed by atoms with Gasteiger partial charge in [0.2, 0.25) is 0 Å². The maximum absolute atomic E-state index is 11.7. The standard InChI is InChI=1S/C17H20N2O2.C16H18N2O2/c1-4-21-17(20)15-8-14(15)13-5-6-16(11(2)7-13)19-9-12(3)18-10-19;1-4-20-16(19)8-6-14-5-7-15(12(2)9-14)18-10-13(3)17-11-18/h5-7,9-10,14-15H,4,8H2,1-3H3;5-11H,4H2,1-3H3/b;8-6+. The minimum Gasteiger partial charge on any atom is -0.466 e. The van der Waals surface area contributed by atoms with Crippen LogP contribution < -0.4 is 0 Å². The summed E-state index contributed by atoms with van der Waals surface area (Å²) in [4.78, 5) is 31.5.